The summed E-state index contributed by atoms with van der Waals surface area (Å²) in [7, 11) is 0. The van der Waals surface area contributed by atoms with Crippen LogP contribution in [0, 0.1) is 5.82 Å². The average molecular weight is 496 g/mol. The van der Waals surface area contributed by atoms with Crippen molar-refractivity contribution < 1.29 is 32.3 Å². The number of alkyl halides is 3. The lowest BCUT2D eigenvalue weighted by Crippen LogP contribution is -2.61. The lowest BCUT2D eigenvalue weighted by molar-refractivity contribution is -0.137. The molecule has 8 nitrogen and oxygen atoms in total. The van der Waals surface area contributed by atoms with Gasteiger partial charge in [0.15, 0.2) is 11.4 Å². The second-order valence-corrected chi connectivity index (χ2v) is 8.62. The van der Waals surface area contributed by atoms with Gasteiger partial charge >= 0.3 is 6.18 Å². The van der Waals surface area contributed by atoms with Gasteiger partial charge in [-0.3, -0.25) is 19.3 Å². The van der Waals surface area contributed by atoms with Crippen molar-refractivity contribution in [2.45, 2.75) is 44.7 Å². The van der Waals surface area contributed by atoms with Gasteiger partial charge in [0.1, 0.15) is 17.5 Å². The zero-order valence-electron chi connectivity index (χ0n) is 18.6. The molecule has 0 bridgehead atoms. The zero-order chi connectivity index (χ0) is 25.3. The van der Waals surface area contributed by atoms with Crippen LogP contribution in [-0.4, -0.2) is 63.3 Å². The van der Waals surface area contributed by atoms with Gasteiger partial charge in [-0.15, -0.1) is 0 Å². The standard InChI is InChI=1S/C23H24F4N4O4/c24-15-5-3-14(4-6-15)11-28-21(34)16-12-30-13-17-29(8-1-7-23(25,26)27)9-2-10-31(17)22(35)18(30)20(33)19(16)32/h3-6,12,17,33H,1-2,7-11,13H2,(H,28,34). The number of carbonyl (C=O) groups is 2. The van der Waals surface area contributed by atoms with Gasteiger partial charge in [0, 0.05) is 38.8 Å². The Balaban J connectivity index is 1.55. The van der Waals surface area contributed by atoms with Gasteiger partial charge < -0.3 is 19.9 Å². The van der Waals surface area contributed by atoms with Crippen molar-refractivity contribution in [3.8, 4) is 5.75 Å². The van der Waals surface area contributed by atoms with Crippen LogP contribution in [0.4, 0.5) is 17.6 Å². The summed E-state index contributed by atoms with van der Waals surface area (Å²) >= 11 is 0. The molecular formula is C23H24F4N4O4. The first-order valence-electron chi connectivity index (χ1n) is 11.2. The number of rotatable bonds is 6. The summed E-state index contributed by atoms with van der Waals surface area (Å²) in [5.74, 6) is -2.69. The van der Waals surface area contributed by atoms with Gasteiger partial charge in [0.05, 0.1) is 6.54 Å². The Hall–Kier alpha value is -3.41. The number of pyridine rings is 1. The van der Waals surface area contributed by atoms with E-state index in [1.54, 1.807) is 4.90 Å². The molecule has 0 saturated carbocycles. The summed E-state index contributed by atoms with van der Waals surface area (Å²) in [4.78, 5) is 41.7. The number of benzene rings is 1. The van der Waals surface area contributed by atoms with Crippen LogP contribution in [0.15, 0.2) is 35.3 Å². The predicted molar refractivity (Wildman–Crippen MR) is 116 cm³/mol. The largest absolute Gasteiger partial charge is 0.503 e. The van der Waals surface area contributed by atoms with Gasteiger partial charge in [-0.05, 0) is 30.5 Å². The molecular weight excluding hydrogens is 472 g/mol. The number of carbonyl (C=O) groups excluding carboxylic acids is 2. The number of aromatic hydroxyl groups is 1. The Morgan fingerprint density at radius 2 is 1.86 bits per heavy atom. The minimum Gasteiger partial charge on any atom is -0.503 e. The quantitative estimate of drug-likeness (QED) is 0.600. The van der Waals surface area contributed by atoms with Gasteiger partial charge in [0.25, 0.3) is 11.8 Å². The molecule has 1 unspecified atom stereocenters. The van der Waals surface area contributed by atoms with Crippen LogP contribution in [0.3, 0.4) is 0 Å². The van der Waals surface area contributed by atoms with Crippen molar-refractivity contribution in [2.75, 3.05) is 19.6 Å². The molecule has 1 fully saturated rings. The summed E-state index contributed by atoms with van der Waals surface area (Å²) in [5, 5.41) is 13.0. The van der Waals surface area contributed by atoms with Gasteiger partial charge in [-0.25, -0.2) is 4.39 Å². The molecule has 0 spiro atoms. The van der Waals surface area contributed by atoms with Crippen molar-refractivity contribution in [1.29, 1.82) is 0 Å². The topological polar surface area (TPSA) is 94.9 Å². The minimum atomic E-state index is -4.27. The number of nitrogens with one attached hydrogen (secondary N) is 1. The number of fused-ring (bicyclic) bond motifs is 2. The van der Waals surface area contributed by atoms with E-state index in [4.69, 9.17) is 0 Å². The first-order valence-corrected chi connectivity index (χ1v) is 11.2. The zero-order valence-corrected chi connectivity index (χ0v) is 18.6. The summed E-state index contributed by atoms with van der Waals surface area (Å²) < 4.78 is 52.2. The molecule has 35 heavy (non-hydrogen) atoms. The van der Waals surface area contributed by atoms with Crippen LogP contribution < -0.4 is 10.7 Å². The lowest BCUT2D eigenvalue weighted by atomic mass is 10.1. The molecule has 188 valence electrons. The maximum atomic E-state index is 13.1. The van der Waals surface area contributed by atoms with E-state index >= 15 is 0 Å². The molecule has 2 aliphatic rings. The Morgan fingerprint density at radius 1 is 1.14 bits per heavy atom. The van der Waals surface area contributed by atoms with Gasteiger partial charge in [-0.1, -0.05) is 12.1 Å². The van der Waals surface area contributed by atoms with E-state index in [0.29, 0.717) is 25.1 Å². The maximum Gasteiger partial charge on any atom is 0.389 e. The highest BCUT2D eigenvalue weighted by atomic mass is 19.4. The molecule has 2 aromatic rings. The number of amides is 2. The van der Waals surface area contributed by atoms with Crippen LogP contribution in [0.5, 0.6) is 5.75 Å². The van der Waals surface area contributed by atoms with E-state index in [0.717, 1.165) is 0 Å². The number of halogens is 4. The fourth-order valence-electron chi connectivity index (χ4n) is 4.51. The molecule has 1 aromatic carbocycles. The normalized spacial score (nSPS) is 18.2. The highest BCUT2D eigenvalue weighted by Gasteiger charge is 2.40. The third-order valence-corrected chi connectivity index (χ3v) is 6.22. The first-order chi connectivity index (χ1) is 16.5. The number of hydrogen-bond donors (Lipinski definition) is 2. The minimum absolute atomic E-state index is 0.00336. The Bertz CT molecular complexity index is 1180. The smallest absolute Gasteiger partial charge is 0.389 e. The Labute approximate surface area is 197 Å². The molecule has 12 heteroatoms. The van der Waals surface area contributed by atoms with E-state index in [1.165, 1.54) is 39.9 Å². The molecule has 0 aliphatic carbocycles. The van der Waals surface area contributed by atoms with Crippen molar-refractivity contribution in [1.82, 2.24) is 19.7 Å². The second kappa shape index (κ2) is 9.68. The fraction of sp³-hybridized carbons (Fsp3) is 0.435. The third-order valence-electron chi connectivity index (χ3n) is 6.22. The van der Waals surface area contributed by atoms with Crippen LogP contribution in [0.2, 0.25) is 0 Å². The van der Waals surface area contributed by atoms with E-state index in [1.807, 2.05) is 0 Å². The fourth-order valence-corrected chi connectivity index (χ4v) is 4.51. The summed E-state index contributed by atoms with van der Waals surface area (Å²) in [6, 6.07) is 5.39. The number of aromatic nitrogens is 1. The van der Waals surface area contributed by atoms with Crippen molar-refractivity contribution in [2.24, 2.45) is 0 Å². The molecule has 0 radical (unpaired) electrons. The van der Waals surface area contributed by atoms with E-state index < -0.39 is 47.6 Å². The van der Waals surface area contributed by atoms with Crippen molar-refractivity contribution >= 4 is 11.8 Å². The molecule has 3 heterocycles. The van der Waals surface area contributed by atoms with Crippen LogP contribution >= 0.6 is 0 Å². The Kier molecular flexibility index (Phi) is 6.84. The lowest BCUT2D eigenvalue weighted by Gasteiger charge is -2.47. The molecule has 1 aromatic heterocycles. The van der Waals surface area contributed by atoms with E-state index in [-0.39, 0.29) is 37.3 Å². The van der Waals surface area contributed by atoms with Crippen LogP contribution in [-0.2, 0) is 13.1 Å². The molecule has 2 amide bonds. The summed E-state index contributed by atoms with van der Waals surface area (Å²) in [5.41, 5.74) is -1.05. The van der Waals surface area contributed by atoms with E-state index in [9.17, 15) is 37.1 Å². The molecule has 1 saturated heterocycles. The first kappa shape index (κ1) is 24.7. The second-order valence-electron chi connectivity index (χ2n) is 8.62. The molecule has 4 rings (SSSR count). The van der Waals surface area contributed by atoms with Gasteiger partial charge in [-0.2, -0.15) is 13.2 Å². The van der Waals surface area contributed by atoms with Crippen LogP contribution in [0.1, 0.15) is 45.7 Å². The predicted octanol–water partition coefficient (Wildman–Crippen LogP) is 2.45. The van der Waals surface area contributed by atoms with Crippen molar-refractivity contribution in [3.05, 3.63) is 63.3 Å². The number of nitrogens with zero attached hydrogens (tertiary/aromatic N) is 3. The summed E-state index contributed by atoms with van der Waals surface area (Å²) in [6.07, 6.45) is -4.16. The Morgan fingerprint density at radius 3 is 2.54 bits per heavy atom. The highest BCUT2D eigenvalue weighted by Crippen LogP contribution is 2.29. The maximum absolute atomic E-state index is 13.1. The highest BCUT2D eigenvalue weighted by molar-refractivity contribution is 5.99. The van der Waals surface area contributed by atoms with E-state index in [2.05, 4.69) is 5.32 Å². The molecule has 1 atom stereocenters. The monoisotopic (exact) mass is 496 g/mol. The molecule has 2 aliphatic heterocycles. The SMILES string of the molecule is O=C(NCc1ccc(F)cc1)c1cn2c(c(O)c1=O)C(=O)N1CCCN(CCCC(F)(F)F)C1C2. The van der Waals surface area contributed by atoms with Gasteiger partial charge in [0.2, 0.25) is 5.43 Å². The van der Waals surface area contributed by atoms with Crippen LogP contribution in [0.25, 0.3) is 0 Å². The summed E-state index contributed by atoms with van der Waals surface area (Å²) in [6.45, 7) is 1.05. The number of hydrogen-bond acceptors (Lipinski definition) is 5. The third kappa shape index (κ3) is 5.31. The average Bonchev–Trinajstić information content (AvgIpc) is 2.80. The van der Waals surface area contributed by atoms with Crippen molar-refractivity contribution in [3.63, 3.8) is 0 Å². The molecule has 2 N–H and O–H groups in total.